The predicted molar refractivity (Wildman–Crippen MR) is 488 cm³/mol. The molecule has 1 aliphatic rings. The molecule has 1 saturated heterocycles. The van der Waals surface area contributed by atoms with Crippen molar-refractivity contribution in [3.05, 3.63) is 0 Å². The standard InChI is InChI=1S/C87H152N22O25/c1-43(2)37-48(40-110)91-61(117)49(30-33-57(88)114)92-62(118)50(31-34-58(89)115)95-71(127)80(12,13)106-76(132)85(22,23)104-69(125)60(46(7)8)99-68(124)56-29-28-36-109(56)78(134)87(26,27)103-66(122)53(39-45(5)6)94-64(120)54(41-111)97-73(129)82(16,17)107-77(133)86(24,25)108-75(131)83(18,19)101-65(121)51(32-35-59(90)116)93-63(119)52(38-44(3)4)96-72(128)81(14,15)105-74(130)84(20,21)102-67(123)55(42-112)98-70(126)79(10,11)100-47(9)113/h43-46,48-56,60,110-112H,28-42H2,1-27H3,(H2,88,114)(H2,89,115)(H2,90,116)(H,91,117)(H,92,118)(H,93,119)(H,94,120)(H,95,127)(H,96,128)(H,97,129)(H,98,126)(H,99,124)(H,100,113)(H,101,121)(H,102,123)(H,103,122)(H,104,125)(H,105,130)(H,106,132)(H,107,133)(H,108,131)/t48-,49-,50-,51-,52-,53-,54-,55-,56-,60-/m0/s1. The molecule has 0 unspecified atom stereocenters. The summed E-state index contributed by atoms with van der Waals surface area (Å²) in [4.78, 5) is 301. The quantitative estimate of drug-likeness (QED) is 0.0270. The minimum Gasteiger partial charge on any atom is -0.394 e. The second-order valence-corrected chi connectivity index (χ2v) is 40.4. The number of aliphatic hydroxyl groups excluding tert-OH is 3. The highest BCUT2D eigenvalue weighted by molar-refractivity contribution is 6.05. The van der Waals surface area contributed by atoms with Crippen LogP contribution < -0.4 is 113 Å². The largest absolute Gasteiger partial charge is 0.394 e. The summed E-state index contributed by atoms with van der Waals surface area (Å²) in [6.45, 7) is 35.4. The van der Waals surface area contributed by atoms with Gasteiger partial charge in [-0.3, -0.25) is 105 Å². The number of carbonyl (C=O) groups excluding carboxylic acids is 22. The lowest BCUT2D eigenvalue weighted by atomic mass is 9.95. The SMILES string of the molecule is CC(=O)NC(C)(C)C(=O)N[C@@H](CO)C(=O)NC(C)(C)C(=O)NC(C)(C)C(=O)N[C@@H](CC(C)C)C(=O)N[C@@H](CCC(N)=O)C(=O)NC(C)(C)C(=O)NC(C)(C)C(=O)NC(C)(C)C(=O)N[C@@H](CO)C(=O)N[C@@H](CC(C)C)C(=O)NC(C)(C)C(=O)N1CCC[C@H]1C(=O)N[C@H](C(=O)NC(C)(C)C(=O)NC(C)(C)C(=O)N[C@@H](CCC(N)=O)C(=O)N[C@@H](CCC(N)=O)C(=O)N[C@H](CO)CC(C)C)C(C)C. The molecule has 22 amide bonds. The molecule has 0 aromatic heterocycles. The number of aliphatic hydroxyl groups is 3. The second-order valence-electron chi connectivity index (χ2n) is 40.4. The van der Waals surface area contributed by atoms with E-state index in [1.807, 2.05) is 13.8 Å². The lowest BCUT2D eigenvalue weighted by Crippen LogP contribution is -2.68. The number of carbonyl (C=O) groups is 22. The normalized spacial score (nSPS) is 15.4. The van der Waals surface area contributed by atoms with Crippen molar-refractivity contribution in [3.63, 3.8) is 0 Å². The number of hydrogen-bond donors (Lipinski definition) is 24. The summed E-state index contributed by atoms with van der Waals surface area (Å²) < 4.78 is 0. The second kappa shape index (κ2) is 50.5. The number of amides is 22. The molecule has 0 bridgehead atoms. The molecule has 1 aliphatic heterocycles. The van der Waals surface area contributed by atoms with Gasteiger partial charge >= 0.3 is 0 Å². The number of rotatable bonds is 55. The van der Waals surface area contributed by atoms with E-state index in [0.29, 0.717) is 6.42 Å². The molecule has 0 radical (unpaired) electrons. The third-order valence-electron chi connectivity index (χ3n) is 21.6. The lowest BCUT2D eigenvalue weighted by Gasteiger charge is -2.36. The summed E-state index contributed by atoms with van der Waals surface area (Å²) >= 11 is 0. The van der Waals surface area contributed by atoms with Crippen molar-refractivity contribution in [3.8, 4) is 0 Å². The zero-order valence-electron chi connectivity index (χ0n) is 82.7. The van der Waals surface area contributed by atoms with E-state index in [9.17, 15) is 121 Å². The lowest BCUT2D eigenvalue weighted by molar-refractivity contribution is -0.146. The third-order valence-corrected chi connectivity index (χ3v) is 21.6. The Morgan fingerprint density at radius 3 is 0.925 bits per heavy atom. The highest BCUT2D eigenvalue weighted by Gasteiger charge is 2.49. The van der Waals surface area contributed by atoms with Crippen LogP contribution in [0.1, 0.15) is 258 Å². The number of nitrogens with zero attached hydrogens (tertiary/aromatic N) is 1. The van der Waals surface area contributed by atoms with Gasteiger partial charge in [0.1, 0.15) is 104 Å². The summed E-state index contributed by atoms with van der Waals surface area (Å²) in [5, 5.41) is 75.6. The number of likely N-dealkylation sites (tertiary alicyclic amines) is 1. The molecule has 760 valence electrons. The van der Waals surface area contributed by atoms with Crippen LogP contribution in [0.2, 0.25) is 0 Å². The van der Waals surface area contributed by atoms with E-state index in [1.165, 1.54) is 136 Å². The molecule has 47 nitrogen and oxygen atoms in total. The zero-order chi connectivity index (χ0) is 104. The van der Waals surface area contributed by atoms with E-state index in [2.05, 4.69) is 95.7 Å². The molecule has 0 spiro atoms. The highest BCUT2D eigenvalue weighted by atomic mass is 16.3. The van der Waals surface area contributed by atoms with Crippen LogP contribution in [0.3, 0.4) is 0 Å². The van der Waals surface area contributed by atoms with Crippen LogP contribution in [0.4, 0.5) is 0 Å². The molecule has 1 heterocycles. The van der Waals surface area contributed by atoms with Gasteiger partial charge in [-0.15, -0.1) is 0 Å². The first kappa shape index (κ1) is 120. The minimum atomic E-state index is -1.97. The van der Waals surface area contributed by atoms with Crippen LogP contribution in [0.15, 0.2) is 0 Å². The number of primary amides is 3. The van der Waals surface area contributed by atoms with E-state index >= 15 is 0 Å². The fourth-order valence-corrected chi connectivity index (χ4v) is 13.4. The molecule has 27 N–H and O–H groups in total. The molecular formula is C87H152N22O25. The van der Waals surface area contributed by atoms with Crippen molar-refractivity contribution in [1.29, 1.82) is 0 Å². The van der Waals surface area contributed by atoms with Gasteiger partial charge < -0.3 is 133 Å². The van der Waals surface area contributed by atoms with Crippen LogP contribution in [-0.2, 0) is 105 Å². The highest BCUT2D eigenvalue weighted by Crippen LogP contribution is 2.25. The smallest absolute Gasteiger partial charge is 0.248 e. The van der Waals surface area contributed by atoms with Crippen LogP contribution in [0.25, 0.3) is 0 Å². The Labute approximate surface area is 783 Å². The molecule has 0 aromatic carbocycles. The fraction of sp³-hybridized carbons (Fsp3) is 0.747. The topological polar surface area (TPSA) is 734 Å². The number of nitrogens with one attached hydrogen (secondary N) is 18. The molecule has 0 aliphatic carbocycles. The minimum absolute atomic E-state index is 0.00104. The van der Waals surface area contributed by atoms with E-state index in [-0.39, 0.29) is 69.2 Å². The van der Waals surface area contributed by atoms with Gasteiger partial charge in [0.15, 0.2) is 0 Å². The van der Waals surface area contributed by atoms with Gasteiger partial charge in [0.25, 0.3) is 0 Å². The molecule has 134 heavy (non-hydrogen) atoms. The monoisotopic (exact) mass is 1910 g/mol. The first-order valence-corrected chi connectivity index (χ1v) is 44.6. The van der Waals surface area contributed by atoms with E-state index < -0.39 is 285 Å². The van der Waals surface area contributed by atoms with Crippen LogP contribution in [0.5, 0.6) is 0 Å². The molecule has 10 atom stereocenters. The Morgan fingerprint density at radius 1 is 0.306 bits per heavy atom. The molecule has 1 fully saturated rings. The van der Waals surface area contributed by atoms with Crippen molar-refractivity contribution >= 4 is 130 Å². The van der Waals surface area contributed by atoms with Gasteiger partial charge in [-0.1, -0.05) is 55.4 Å². The Bertz CT molecular complexity index is 4290. The van der Waals surface area contributed by atoms with Crippen LogP contribution in [-0.4, -0.2) is 287 Å². The first-order valence-electron chi connectivity index (χ1n) is 44.6. The molecule has 0 aromatic rings. The van der Waals surface area contributed by atoms with Gasteiger partial charge in [0, 0.05) is 32.7 Å². The summed E-state index contributed by atoms with van der Waals surface area (Å²) in [5.74, 6) is -21.4. The Kier molecular flexibility index (Phi) is 45.3. The maximum absolute atomic E-state index is 14.6. The Morgan fingerprint density at radius 2 is 0.575 bits per heavy atom. The molecule has 1 rings (SSSR count). The predicted octanol–water partition coefficient (Wildman–Crippen LogP) is -6.02. The Hall–Kier alpha value is -11.8. The van der Waals surface area contributed by atoms with Gasteiger partial charge in [0.05, 0.1) is 25.9 Å². The third kappa shape index (κ3) is 38.7. The van der Waals surface area contributed by atoms with Crippen LogP contribution in [0, 0.1) is 23.7 Å². The van der Waals surface area contributed by atoms with E-state index in [1.54, 1.807) is 41.5 Å². The van der Waals surface area contributed by atoms with Crippen molar-refractivity contribution in [2.24, 2.45) is 40.9 Å². The Balaban J connectivity index is 3.33. The summed E-state index contributed by atoms with van der Waals surface area (Å²) in [6, 6.07) is -14.2. The fourth-order valence-electron chi connectivity index (χ4n) is 13.4. The zero-order valence-corrected chi connectivity index (χ0v) is 82.7. The molecule has 47 heteroatoms. The summed E-state index contributed by atoms with van der Waals surface area (Å²) in [5.41, 5.74) is -0.405. The first-order chi connectivity index (χ1) is 61.0. The average molecular weight is 1910 g/mol. The summed E-state index contributed by atoms with van der Waals surface area (Å²) in [7, 11) is 0. The van der Waals surface area contributed by atoms with Crippen molar-refractivity contribution in [1.82, 2.24) is 101 Å². The van der Waals surface area contributed by atoms with Crippen molar-refractivity contribution in [2.45, 2.75) is 368 Å². The average Bonchev–Trinajstić information content (AvgIpc) is 1.62. The van der Waals surface area contributed by atoms with Gasteiger partial charge in [-0.2, -0.15) is 0 Å². The number of nitrogens with two attached hydrogens (primary N) is 3. The molecule has 0 saturated carbocycles. The van der Waals surface area contributed by atoms with Gasteiger partial charge in [0.2, 0.25) is 130 Å². The number of hydrogen-bond acceptors (Lipinski definition) is 25. The van der Waals surface area contributed by atoms with Crippen LogP contribution >= 0.6 is 0 Å². The maximum Gasteiger partial charge on any atom is 0.248 e. The summed E-state index contributed by atoms with van der Waals surface area (Å²) in [6.07, 6.45) is -1.82. The van der Waals surface area contributed by atoms with Crippen molar-refractivity contribution in [2.75, 3.05) is 26.4 Å². The van der Waals surface area contributed by atoms with Gasteiger partial charge in [-0.25, -0.2) is 0 Å². The molecular weight excluding hydrogens is 1750 g/mol. The van der Waals surface area contributed by atoms with Crippen molar-refractivity contribution < 1.29 is 121 Å². The van der Waals surface area contributed by atoms with Gasteiger partial charge in [-0.05, 0) is 200 Å². The van der Waals surface area contributed by atoms with E-state index in [4.69, 9.17) is 17.2 Å². The maximum atomic E-state index is 14.6. The van der Waals surface area contributed by atoms with E-state index in [0.717, 1.165) is 0 Å².